The van der Waals surface area contributed by atoms with Gasteiger partial charge in [0.15, 0.2) is 17.2 Å². The quantitative estimate of drug-likeness (QED) is 0.586. The number of alkyl halides is 2. The summed E-state index contributed by atoms with van der Waals surface area (Å²) in [6, 6.07) is 0. The Morgan fingerprint density at radius 2 is 2.03 bits per heavy atom. The summed E-state index contributed by atoms with van der Waals surface area (Å²) in [5.41, 5.74) is -6.77. The molecule has 4 aliphatic rings. The molecule has 0 aromatic carbocycles. The first-order valence-electron chi connectivity index (χ1n) is 11.5. The SMILES string of the molecule is COC(CC=S)C(=O)[C@@]1(O)[C@H](C)C[C@H]2[C@@H]3C[C@H](F)C4=CC(=O)C=C[C@]4(C)[C@@]3(F)[C@@H](O)C[C@@]21C. The van der Waals surface area contributed by atoms with Crippen LogP contribution in [-0.4, -0.2) is 63.9 Å². The van der Waals surface area contributed by atoms with Crippen molar-refractivity contribution in [3.63, 3.8) is 0 Å². The summed E-state index contributed by atoms with van der Waals surface area (Å²) in [5.74, 6) is -2.99. The molecular weight excluding hydrogens is 450 g/mol. The van der Waals surface area contributed by atoms with Crippen molar-refractivity contribution in [2.45, 2.75) is 76.1 Å². The van der Waals surface area contributed by atoms with Crippen molar-refractivity contribution in [2.75, 3.05) is 7.11 Å². The Hall–Kier alpha value is -1.35. The summed E-state index contributed by atoms with van der Waals surface area (Å²) in [4.78, 5) is 25.5. The number of allylic oxidation sites excluding steroid dienone is 4. The zero-order valence-electron chi connectivity index (χ0n) is 19.4. The number of rotatable bonds is 5. The van der Waals surface area contributed by atoms with E-state index in [1.54, 1.807) is 13.8 Å². The summed E-state index contributed by atoms with van der Waals surface area (Å²) in [7, 11) is 1.37. The van der Waals surface area contributed by atoms with Crippen LogP contribution >= 0.6 is 12.2 Å². The summed E-state index contributed by atoms with van der Waals surface area (Å²) in [6.45, 7) is 4.97. The molecule has 0 bridgehead atoms. The highest BCUT2D eigenvalue weighted by Crippen LogP contribution is 2.71. The Balaban J connectivity index is 1.82. The van der Waals surface area contributed by atoms with Crippen molar-refractivity contribution >= 4 is 29.2 Å². The van der Waals surface area contributed by atoms with E-state index >= 15 is 8.78 Å². The van der Waals surface area contributed by atoms with Crippen LogP contribution in [0.5, 0.6) is 0 Å². The van der Waals surface area contributed by atoms with Gasteiger partial charge in [0.05, 0.1) is 6.10 Å². The van der Waals surface area contributed by atoms with E-state index in [0.29, 0.717) is 6.42 Å². The molecule has 5 nitrogen and oxygen atoms in total. The molecule has 0 radical (unpaired) electrons. The molecule has 4 rings (SSSR count). The summed E-state index contributed by atoms with van der Waals surface area (Å²) in [6.07, 6.45) is -0.288. The maximum atomic E-state index is 17.1. The molecule has 0 aromatic rings. The number of hydrogen-bond donors (Lipinski definition) is 2. The van der Waals surface area contributed by atoms with Crippen LogP contribution in [0.1, 0.15) is 46.5 Å². The Labute approximate surface area is 198 Å². The Morgan fingerprint density at radius 3 is 2.64 bits per heavy atom. The molecule has 0 heterocycles. The lowest BCUT2D eigenvalue weighted by atomic mass is 9.44. The minimum absolute atomic E-state index is 0.0502. The number of ether oxygens (including phenoxy) is 1. The Kier molecular flexibility index (Phi) is 5.88. The van der Waals surface area contributed by atoms with Crippen molar-refractivity contribution in [2.24, 2.45) is 28.6 Å². The van der Waals surface area contributed by atoms with Gasteiger partial charge in [-0.05, 0) is 61.1 Å². The van der Waals surface area contributed by atoms with Gasteiger partial charge < -0.3 is 14.9 Å². The number of Topliss-reactive ketones (excluding diaryl/α,β-unsaturated/α-hetero) is 1. The van der Waals surface area contributed by atoms with Gasteiger partial charge in [0, 0.05) is 30.3 Å². The average Bonchev–Trinajstić information content (AvgIpc) is 2.96. The fourth-order valence-corrected chi connectivity index (χ4v) is 7.88. The molecule has 0 spiro atoms. The second-order valence-corrected chi connectivity index (χ2v) is 11.1. The molecule has 0 amide bonds. The number of methoxy groups -OCH3 is 1. The van der Waals surface area contributed by atoms with Gasteiger partial charge in [-0.1, -0.05) is 32.1 Å². The highest BCUT2D eigenvalue weighted by molar-refractivity contribution is 7.78. The highest BCUT2D eigenvalue weighted by Gasteiger charge is 2.76. The third-order valence-corrected chi connectivity index (χ3v) is 9.67. The number of ketones is 2. The molecule has 2 N–H and O–H groups in total. The number of halogens is 2. The molecule has 1 unspecified atom stereocenters. The minimum atomic E-state index is -2.24. The Morgan fingerprint density at radius 1 is 1.36 bits per heavy atom. The summed E-state index contributed by atoms with van der Waals surface area (Å²) in [5, 5.41) is 24.6. The number of carbonyl (C=O) groups excluding carboxylic acids is 2. The summed E-state index contributed by atoms with van der Waals surface area (Å²) < 4.78 is 37.9. The van der Waals surface area contributed by atoms with E-state index in [1.807, 2.05) is 0 Å². The van der Waals surface area contributed by atoms with E-state index in [4.69, 9.17) is 17.0 Å². The first-order chi connectivity index (χ1) is 15.3. The van der Waals surface area contributed by atoms with Crippen molar-refractivity contribution in [3.8, 4) is 0 Å². The van der Waals surface area contributed by atoms with Gasteiger partial charge in [-0.15, -0.1) is 0 Å². The zero-order valence-corrected chi connectivity index (χ0v) is 20.2. The molecule has 33 heavy (non-hydrogen) atoms. The molecule has 0 aliphatic heterocycles. The molecule has 182 valence electrons. The molecule has 4 aliphatic carbocycles. The largest absolute Gasteiger partial charge is 0.390 e. The first-order valence-corrected chi connectivity index (χ1v) is 12.0. The van der Waals surface area contributed by atoms with Gasteiger partial charge in [0.1, 0.15) is 17.9 Å². The highest BCUT2D eigenvalue weighted by atomic mass is 32.1. The van der Waals surface area contributed by atoms with Crippen LogP contribution in [0.15, 0.2) is 23.8 Å². The first kappa shape index (κ1) is 24.8. The Bertz CT molecular complexity index is 951. The third kappa shape index (κ3) is 2.93. The number of aliphatic hydroxyl groups excluding tert-OH is 1. The van der Waals surface area contributed by atoms with Crippen LogP contribution in [0, 0.1) is 28.6 Å². The van der Waals surface area contributed by atoms with Crippen LogP contribution in [0.2, 0.25) is 0 Å². The van der Waals surface area contributed by atoms with E-state index in [9.17, 15) is 19.8 Å². The van der Waals surface area contributed by atoms with Crippen LogP contribution in [0.4, 0.5) is 8.78 Å². The van der Waals surface area contributed by atoms with Crippen molar-refractivity contribution in [1.29, 1.82) is 0 Å². The molecule has 3 fully saturated rings. The normalized spacial score (nSPS) is 49.5. The van der Waals surface area contributed by atoms with Crippen LogP contribution < -0.4 is 0 Å². The summed E-state index contributed by atoms with van der Waals surface area (Å²) >= 11 is 4.89. The van der Waals surface area contributed by atoms with Crippen molar-refractivity contribution in [1.82, 2.24) is 0 Å². The number of aliphatic hydroxyl groups is 2. The predicted octanol–water partition coefficient (Wildman–Crippen LogP) is 3.26. The lowest BCUT2D eigenvalue weighted by Crippen LogP contribution is -2.71. The minimum Gasteiger partial charge on any atom is -0.390 e. The van der Waals surface area contributed by atoms with Gasteiger partial charge >= 0.3 is 0 Å². The van der Waals surface area contributed by atoms with Crippen molar-refractivity contribution in [3.05, 3.63) is 23.8 Å². The van der Waals surface area contributed by atoms with Crippen LogP contribution in [-0.2, 0) is 14.3 Å². The lowest BCUT2D eigenvalue weighted by Gasteiger charge is -2.63. The topological polar surface area (TPSA) is 83.8 Å². The van der Waals surface area contributed by atoms with E-state index in [1.165, 1.54) is 31.6 Å². The molecule has 8 heteroatoms. The van der Waals surface area contributed by atoms with E-state index in [0.717, 1.165) is 6.08 Å². The maximum absolute atomic E-state index is 17.1. The van der Waals surface area contributed by atoms with E-state index in [-0.39, 0.29) is 24.8 Å². The lowest BCUT2D eigenvalue weighted by molar-refractivity contribution is -0.225. The van der Waals surface area contributed by atoms with Crippen LogP contribution in [0.25, 0.3) is 0 Å². The molecule has 0 aromatic heterocycles. The van der Waals surface area contributed by atoms with E-state index < -0.39 is 69.8 Å². The third-order valence-electron chi connectivity index (χ3n) is 9.47. The molecule has 3 saturated carbocycles. The molecular formula is C25H32F2O5S. The molecule has 0 saturated heterocycles. The number of thiocarbonyl (C=S) groups is 1. The number of carbonyl (C=O) groups is 2. The van der Waals surface area contributed by atoms with Gasteiger partial charge in [0.2, 0.25) is 0 Å². The zero-order chi connectivity index (χ0) is 24.6. The van der Waals surface area contributed by atoms with Gasteiger partial charge in [-0.2, -0.15) is 0 Å². The number of fused-ring (bicyclic) bond motifs is 5. The predicted molar refractivity (Wildman–Crippen MR) is 122 cm³/mol. The second-order valence-electron chi connectivity index (χ2n) is 10.8. The van der Waals surface area contributed by atoms with Gasteiger partial charge in [-0.3, -0.25) is 9.59 Å². The van der Waals surface area contributed by atoms with Gasteiger partial charge in [-0.25, -0.2) is 8.78 Å². The van der Waals surface area contributed by atoms with E-state index in [2.05, 4.69) is 0 Å². The fraction of sp³-hybridized carbons (Fsp3) is 0.720. The second kappa shape index (κ2) is 7.83. The monoisotopic (exact) mass is 482 g/mol. The standard InChI is InChI=1S/C25H32F2O5S/c1-13-9-15-16-11-18(26)17-10-14(28)5-7-22(17,2)24(16,27)20(29)12-23(15,3)25(13,31)21(30)19(32-4)6-8-33/h5,7-8,10,13,15-16,18-20,29,31H,6,9,11-12H2,1-4H3/t13-,15+,16+,18+,19?,20+,22+,23+,24+,25+/m1/s1. The number of hydrogen-bond acceptors (Lipinski definition) is 6. The smallest absolute Gasteiger partial charge is 0.194 e. The molecule has 10 atom stereocenters. The maximum Gasteiger partial charge on any atom is 0.194 e. The van der Waals surface area contributed by atoms with Crippen molar-refractivity contribution < 1.29 is 33.3 Å². The van der Waals surface area contributed by atoms with Crippen LogP contribution in [0.3, 0.4) is 0 Å². The fourth-order valence-electron chi connectivity index (χ4n) is 7.71. The average molecular weight is 483 g/mol. The van der Waals surface area contributed by atoms with Gasteiger partial charge in [0.25, 0.3) is 0 Å².